The summed E-state index contributed by atoms with van der Waals surface area (Å²) in [6.07, 6.45) is 0. The van der Waals surface area contributed by atoms with Crippen LogP contribution < -0.4 is 9.50 Å². The third kappa shape index (κ3) is 6.91. The average Bonchev–Trinajstić information content (AvgIpc) is 2.76. The van der Waals surface area contributed by atoms with Gasteiger partial charge in [-0.3, -0.25) is 0 Å². The van der Waals surface area contributed by atoms with Crippen molar-refractivity contribution in [3.05, 3.63) is 89.0 Å². The van der Waals surface area contributed by atoms with Crippen molar-refractivity contribution in [2.24, 2.45) is 5.92 Å². The largest absolute Gasteiger partial charge is 0.379 e. The van der Waals surface area contributed by atoms with Crippen molar-refractivity contribution in [3.63, 3.8) is 0 Å². The number of hydrogen-bond donors (Lipinski definition) is 1. The summed E-state index contributed by atoms with van der Waals surface area (Å²) >= 11 is 5.79. The van der Waals surface area contributed by atoms with Crippen molar-refractivity contribution >= 4 is 33.4 Å². The molecule has 0 radical (unpaired) electrons. The van der Waals surface area contributed by atoms with Gasteiger partial charge in [0.25, 0.3) is 0 Å². The van der Waals surface area contributed by atoms with Crippen LogP contribution in [0.15, 0.2) is 71.6 Å². The number of rotatable bonds is 8. The maximum absolute atomic E-state index is 13.4. The number of nitrogens with one attached hydrogen (secondary N) is 1. The fourth-order valence-electron chi connectivity index (χ4n) is 3.13. The lowest BCUT2D eigenvalue weighted by molar-refractivity contribution is 0.201. The van der Waals surface area contributed by atoms with E-state index in [4.69, 9.17) is 15.8 Å². The summed E-state index contributed by atoms with van der Waals surface area (Å²) in [5, 5.41) is 2.58. The second-order valence-corrected chi connectivity index (χ2v) is 9.93. The topological polar surface area (TPSA) is 75.7 Å². The van der Waals surface area contributed by atoms with Crippen molar-refractivity contribution in [2.75, 3.05) is 11.9 Å². The van der Waals surface area contributed by atoms with Gasteiger partial charge in [-0.25, -0.2) is 13.6 Å². The second kappa shape index (κ2) is 10.8. The molecule has 3 aromatic rings. The highest BCUT2D eigenvalue weighted by molar-refractivity contribution is 7.87. The van der Waals surface area contributed by atoms with E-state index in [1.165, 1.54) is 29.2 Å². The van der Waals surface area contributed by atoms with Gasteiger partial charge in [0.1, 0.15) is 22.3 Å². The number of anilines is 1. The Hall–Kier alpha value is -3.17. The molecule has 3 rings (SSSR count). The second-order valence-electron chi connectivity index (χ2n) is 7.97. The molecule has 1 N–H and O–H groups in total. The summed E-state index contributed by atoms with van der Waals surface area (Å²) < 4.78 is 56.7. The lowest BCUT2D eigenvalue weighted by Gasteiger charge is -2.25. The lowest BCUT2D eigenvalue weighted by atomic mass is 10.1. The SMILES string of the molecule is CC(C)CN(Cc1cccc(OS(=O)(=O)c2ccc(F)cc2)c1)C(=O)Nc1ccc(F)c(Cl)c1. The van der Waals surface area contributed by atoms with Crippen LogP contribution in [0.2, 0.25) is 5.02 Å². The van der Waals surface area contributed by atoms with E-state index in [9.17, 15) is 22.0 Å². The molecule has 0 heterocycles. The molecule has 180 valence electrons. The van der Waals surface area contributed by atoms with Crippen LogP contribution in [0.25, 0.3) is 0 Å². The average molecular weight is 509 g/mol. The minimum Gasteiger partial charge on any atom is -0.379 e. The number of amides is 2. The Kier molecular flexibility index (Phi) is 8.11. The summed E-state index contributed by atoms with van der Waals surface area (Å²) in [7, 11) is -4.16. The van der Waals surface area contributed by atoms with Crippen molar-refractivity contribution in [2.45, 2.75) is 25.3 Å². The smallest absolute Gasteiger partial charge is 0.339 e. The minimum atomic E-state index is -4.16. The fraction of sp³-hybridized carbons (Fsp3) is 0.208. The summed E-state index contributed by atoms with van der Waals surface area (Å²) in [5.74, 6) is -0.962. The van der Waals surface area contributed by atoms with E-state index in [1.807, 2.05) is 13.8 Å². The Labute approximate surface area is 202 Å². The van der Waals surface area contributed by atoms with Crippen LogP contribution in [0.1, 0.15) is 19.4 Å². The molecule has 10 heteroatoms. The molecule has 34 heavy (non-hydrogen) atoms. The number of urea groups is 1. The first-order chi connectivity index (χ1) is 16.0. The normalized spacial score (nSPS) is 11.4. The molecule has 0 spiro atoms. The van der Waals surface area contributed by atoms with Crippen molar-refractivity contribution in [3.8, 4) is 5.75 Å². The molecule has 2 amide bonds. The van der Waals surface area contributed by atoms with Crippen LogP contribution in [0.4, 0.5) is 19.3 Å². The number of nitrogens with zero attached hydrogens (tertiary/aromatic N) is 1. The number of hydrogen-bond acceptors (Lipinski definition) is 4. The Morgan fingerprint density at radius 3 is 2.41 bits per heavy atom. The number of halogens is 3. The Morgan fingerprint density at radius 1 is 1.06 bits per heavy atom. The van der Waals surface area contributed by atoms with E-state index in [2.05, 4.69) is 5.32 Å². The summed E-state index contributed by atoms with van der Waals surface area (Å²) in [6.45, 7) is 4.46. The number of carbonyl (C=O) groups excluding carboxylic acids is 1. The van der Waals surface area contributed by atoms with Gasteiger partial charge in [0.2, 0.25) is 0 Å². The van der Waals surface area contributed by atoms with Crippen molar-refractivity contribution < 1.29 is 26.2 Å². The molecule has 0 aliphatic carbocycles. The summed E-state index contributed by atoms with van der Waals surface area (Å²) in [4.78, 5) is 14.3. The Balaban J connectivity index is 1.76. The molecule has 0 saturated heterocycles. The molecular formula is C24H23ClF2N2O4S. The quantitative estimate of drug-likeness (QED) is 0.374. The summed E-state index contributed by atoms with van der Waals surface area (Å²) in [5.41, 5.74) is 0.965. The third-order valence-corrected chi connectivity index (χ3v) is 6.17. The highest BCUT2D eigenvalue weighted by atomic mass is 35.5. The summed E-state index contributed by atoms with van der Waals surface area (Å²) in [6, 6.07) is 14.1. The molecule has 0 fully saturated rings. The predicted octanol–water partition coefficient (Wildman–Crippen LogP) is 6.08. The fourth-order valence-corrected chi connectivity index (χ4v) is 4.23. The predicted molar refractivity (Wildman–Crippen MR) is 126 cm³/mol. The van der Waals surface area contributed by atoms with Gasteiger partial charge in [-0.15, -0.1) is 0 Å². The molecule has 6 nitrogen and oxygen atoms in total. The van der Waals surface area contributed by atoms with Gasteiger partial charge in [0.15, 0.2) is 0 Å². The number of benzene rings is 3. The molecule has 0 aliphatic rings. The first-order valence-corrected chi connectivity index (χ1v) is 12.1. The van der Waals surface area contributed by atoms with E-state index in [0.717, 1.165) is 30.3 Å². The van der Waals surface area contributed by atoms with Crippen molar-refractivity contribution in [1.29, 1.82) is 0 Å². The molecule has 0 aromatic heterocycles. The number of carbonyl (C=O) groups is 1. The van der Waals surface area contributed by atoms with Crippen LogP contribution in [-0.4, -0.2) is 25.9 Å². The third-order valence-electron chi connectivity index (χ3n) is 4.62. The Bertz CT molecular complexity index is 1270. The molecule has 0 bridgehead atoms. The highest BCUT2D eigenvalue weighted by Gasteiger charge is 2.19. The Morgan fingerprint density at radius 2 is 1.76 bits per heavy atom. The first-order valence-electron chi connectivity index (χ1n) is 10.3. The van der Waals surface area contributed by atoms with E-state index in [-0.39, 0.29) is 28.1 Å². The maximum Gasteiger partial charge on any atom is 0.339 e. The first kappa shape index (κ1) is 25.5. The maximum atomic E-state index is 13.4. The van der Waals surface area contributed by atoms with Gasteiger partial charge >= 0.3 is 16.1 Å². The zero-order valence-corrected chi connectivity index (χ0v) is 20.0. The van der Waals surface area contributed by atoms with Gasteiger partial charge < -0.3 is 14.4 Å². The van der Waals surface area contributed by atoms with Crippen LogP contribution in [0.3, 0.4) is 0 Å². The van der Waals surface area contributed by atoms with Gasteiger partial charge in [-0.05, 0) is 66.1 Å². The molecule has 0 aliphatic heterocycles. The van der Waals surface area contributed by atoms with Crippen LogP contribution in [-0.2, 0) is 16.7 Å². The zero-order valence-electron chi connectivity index (χ0n) is 18.5. The molecular weight excluding hydrogens is 486 g/mol. The highest BCUT2D eigenvalue weighted by Crippen LogP contribution is 2.23. The molecule has 0 atom stereocenters. The lowest BCUT2D eigenvalue weighted by Crippen LogP contribution is -2.37. The standard InChI is InChI=1S/C24H23ClF2N2O4S/c1-16(2)14-29(24(30)28-19-8-11-23(27)22(25)13-19)15-17-4-3-5-20(12-17)33-34(31,32)21-9-6-18(26)7-10-21/h3-13,16H,14-15H2,1-2H3,(H,28,30). The molecule has 3 aromatic carbocycles. The van der Waals surface area contributed by atoms with Gasteiger partial charge in [-0.2, -0.15) is 8.42 Å². The van der Waals surface area contributed by atoms with Gasteiger partial charge in [-0.1, -0.05) is 37.6 Å². The van der Waals surface area contributed by atoms with E-state index < -0.39 is 27.8 Å². The molecule has 0 saturated carbocycles. The van der Waals surface area contributed by atoms with Crippen LogP contribution in [0.5, 0.6) is 5.75 Å². The van der Waals surface area contributed by atoms with Gasteiger partial charge in [0, 0.05) is 18.8 Å². The van der Waals surface area contributed by atoms with E-state index >= 15 is 0 Å². The van der Waals surface area contributed by atoms with Gasteiger partial charge in [0.05, 0.1) is 5.02 Å². The molecule has 0 unspecified atom stereocenters. The van der Waals surface area contributed by atoms with Crippen molar-refractivity contribution in [1.82, 2.24) is 4.90 Å². The van der Waals surface area contributed by atoms with Crippen LogP contribution >= 0.6 is 11.6 Å². The minimum absolute atomic E-state index is 0.0528. The van der Waals surface area contributed by atoms with E-state index in [0.29, 0.717) is 17.8 Å². The monoisotopic (exact) mass is 508 g/mol. The zero-order chi connectivity index (χ0) is 24.9. The van der Waals surface area contributed by atoms with E-state index in [1.54, 1.807) is 12.1 Å². The van der Waals surface area contributed by atoms with Crippen LogP contribution in [0, 0.1) is 17.6 Å².